The fourth-order valence-corrected chi connectivity index (χ4v) is 3.71. The lowest BCUT2D eigenvalue weighted by Crippen LogP contribution is -2.22. The minimum absolute atomic E-state index is 0.164. The smallest absolute Gasteiger partial charge is 0.345 e. The van der Waals surface area contributed by atoms with Crippen molar-refractivity contribution in [2.24, 2.45) is 0 Å². The molecular weight excluding hydrogens is 324 g/mol. The summed E-state index contributed by atoms with van der Waals surface area (Å²) in [6, 6.07) is 4.57. The van der Waals surface area contributed by atoms with Crippen molar-refractivity contribution in [3.63, 3.8) is 0 Å². The normalized spacial score (nSPS) is 13.5. The van der Waals surface area contributed by atoms with Gasteiger partial charge < -0.3 is 9.79 Å². The van der Waals surface area contributed by atoms with Gasteiger partial charge in [-0.1, -0.05) is 12.1 Å². The van der Waals surface area contributed by atoms with Crippen LogP contribution in [0.3, 0.4) is 0 Å². The number of rotatable bonds is 4. The highest BCUT2D eigenvalue weighted by atomic mass is 32.5. The number of alkyl halides is 3. The van der Waals surface area contributed by atoms with Gasteiger partial charge >= 0.3 is 6.18 Å². The first-order valence-corrected chi connectivity index (χ1v) is 9.37. The van der Waals surface area contributed by atoms with Crippen LogP contribution in [0.2, 0.25) is 0 Å². The van der Waals surface area contributed by atoms with Gasteiger partial charge in [0.2, 0.25) is 0 Å². The third-order valence-corrected chi connectivity index (χ3v) is 4.84. The maximum Gasteiger partial charge on any atom is 0.403 e. The van der Waals surface area contributed by atoms with Gasteiger partial charge in [0.1, 0.15) is 0 Å². The fraction of sp³-hybridized carbons (Fsp3) is 0.333. The molecule has 0 amide bonds. The molecule has 0 bridgehead atoms. The molecule has 1 aromatic rings. The lowest BCUT2D eigenvalue weighted by atomic mass is 10.2. The Morgan fingerprint density at radius 1 is 1.26 bits per heavy atom. The van der Waals surface area contributed by atoms with Crippen molar-refractivity contribution >= 4 is 28.1 Å². The minimum atomic E-state index is -4.84. The van der Waals surface area contributed by atoms with E-state index in [0.717, 1.165) is 12.1 Å². The Labute approximate surface area is 113 Å². The van der Waals surface area contributed by atoms with Crippen LogP contribution >= 0.6 is 6.49 Å². The molecule has 1 rings (SSSR count). The molecule has 1 aromatic carbocycles. The third-order valence-electron chi connectivity index (χ3n) is 2.00. The monoisotopic (exact) mass is 334 g/mol. The maximum absolute atomic E-state index is 12.1. The molecule has 0 saturated heterocycles. The number of benzene rings is 1. The Morgan fingerprint density at radius 2 is 1.84 bits per heavy atom. The van der Waals surface area contributed by atoms with E-state index in [4.69, 9.17) is 9.79 Å². The molecule has 0 aliphatic rings. The summed E-state index contributed by atoms with van der Waals surface area (Å²) >= 11 is 4.38. The highest BCUT2D eigenvalue weighted by Crippen LogP contribution is 2.39. The molecule has 2 N–H and O–H groups in total. The van der Waals surface area contributed by atoms with Crippen molar-refractivity contribution in [3.05, 3.63) is 29.8 Å². The van der Waals surface area contributed by atoms with E-state index in [0.29, 0.717) is 0 Å². The Balaban J connectivity index is 3.09. The van der Waals surface area contributed by atoms with Crippen LogP contribution in [0.25, 0.3) is 0 Å². The molecule has 0 aromatic heterocycles. The molecule has 108 valence electrons. The van der Waals surface area contributed by atoms with E-state index in [-0.39, 0.29) is 11.7 Å². The topological polar surface area (TPSA) is 74.6 Å². The van der Waals surface area contributed by atoms with Crippen LogP contribution in [0.1, 0.15) is 5.56 Å². The van der Waals surface area contributed by atoms with Crippen LogP contribution in [-0.4, -0.2) is 30.1 Å². The van der Waals surface area contributed by atoms with Crippen molar-refractivity contribution in [1.29, 1.82) is 0 Å². The molecule has 10 heteroatoms. The molecule has 0 aliphatic heterocycles. The van der Waals surface area contributed by atoms with Crippen LogP contribution in [0.15, 0.2) is 29.2 Å². The van der Waals surface area contributed by atoms with Crippen LogP contribution in [-0.2, 0) is 27.8 Å². The second-order valence-electron chi connectivity index (χ2n) is 3.84. The van der Waals surface area contributed by atoms with Gasteiger partial charge in [-0.3, -0.25) is 0 Å². The first-order chi connectivity index (χ1) is 8.39. The zero-order valence-electron chi connectivity index (χ0n) is 9.33. The lowest BCUT2D eigenvalue weighted by Gasteiger charge is -2.11. The highest BCUT2D eigenvalue weighted by molar-refractivity contribution is 8.08. The number of halogens is 3. The molecule has 19 heavy (non-hydrogen) atoms. The molecular formula is C9H10F3O4PS2. The van der Waals surface area contributed by atoms with Gasteiger partial charge in [-0.05, 0) is 29.5 Å². The second-order valence-corrected chi connectivity index (χ2v) is 9.23. The van der Waals surface area contributed by atoms with Gasteiger partial charge in [-0.25, -0.2) is 8.42 Å². The summed E-state index contributed by atoms with van der Waals surface area (Å²) in [6.07, 6.45) is -5.20. The largest absolute Gasteiger partial charge is 0.403 e. The van der Waals surface area contributed by atoms with Gasteiger partial charge in [0.05, 0.1) is 4.90 Å². The van der Waals surface area contributed by atoms with E-state index >= 15 is 0 Å². The summed E-state index contributed by atoms with van der Waals surface area (Å²) in [5, 5.41) is 0. The molecule has 0 radical (unpaired) electrons. The van der Waals surface area contributed by atoms with Gasteiger partial charge in [-0.2, -0.15) is 13.2 Å². The first kappa shape index (κ1) is 16.6. The van der Waals surface area contributed by atoms with E-state index < -0.39 is 33.2 Å². The van der Waals surface area contributed by atoms with Crippen molar-refractivity contribution in [2.45, 2.75) is 17.2 Å². The maximum atomic E-state index is 12.1. The first-order valence-electron chi connectivity index (χ1n) is 4.82. The van der Waals surface area contributed by atoms with E-state index in [1.807, 2.05) is 0 Å². The predicted octanol–water partition coefficient (Wildman–Crippen LogP) is 1.82. The number of hydrogen-bond donors (Lipinski definition) is 2. The average molecular weight is 334 g/mol. The Morgan fingerprint density at radius 3 is 2.32 bits per heavy atom. The van der Waals surface area contributed by atoms with Crippen LogP contribution in [0.4, 0.5) is 13.2 Å². The average Bonchev–Trinajstić information content (AvgIpc) is 2.11. The van der Waals surface area contributed by atoms with Crippen molar-refractivity contribution in [3.8, 4) is 0 Å². The lowest BCUT2D eigenvalue weighted by molar-refractivity contribution is -0.106. The van der Waals surface area contributed by atoms with Crippen molar-refractivity contribution < 1.29 is 31.4 Å². The van der Waals surface area contributed by atoms with Gasteiger partial charge in [0.25, 0.3) is 0 Å². The fourth-order valence-electron chi connectivity index (χ4n) is 1.37. The van der Waals surface area contributed by atoms with Gasteiger partial charge in [-0.15, -0.1) is 0 Å². The van der Waals surface area contributed by atoms with Crippen LogP contribution in [0.5, 0.6) is 0 Å². The summed E-state index contributed by atoms with van der Waals surface area (Å²) in [5.41, 5.74) is 0.164. The van der Waals surface area contributed by atoms with Gasteiger partial charge in [0, 0.05) is 6.16 Å². The second kappa shape index (κ2) is 5.49. The zero-order chi connectivity index (χ0) is 14.9. The number of hydrogen-bond acceptors (Lipinski definition) is 3. The van der Waals surface area contributed by atoms with E-state index in [1.165, 1.54) is 12.1 Å². The molecule has 0 spiro atoms. The Kier molecular flexibility index (Phi) is 4.79. The molecule has 0 unspecified atom stereocenters. The predicted molar refractivity (Wildman–Crippen MR) is 67.0 cm³/mol. The number of sulfone groups is 1. The van der Waals surface area contributed by atoms with E-state index in [9.17, 15) is 21.6 Å². The molecule has 0 aliphatic carbocycles. The minimum Gasteiger partial charge on any atom is -0.345 e. The summed E-state index contributed by atoms with van der Waals surface area (Å²) in [5.74, 6) is -1.96. The van der Waals surface area contributed by atoms with Crippen molar-refractivity contribution in [2.75, 3.05) is 5.75 Å². The summed E-state index contributed by atoms with van der Waals surface area (Å²) < 4.78 is 59.4. The van der Waals surface area contributed by atoms with Crippen LogP contribution < -0.4 is 0 Å². The molecule has 0 saturated carbocycles. The van der Waals surface area contributed by atoms with Crippen LogP contribution in [0, 0.1) is 0 Å². The SMILES string of the molecule is O=S(=O)(CC(F)(F)F)c1cccc(CP(O)(O)=S)c1. The standard InChI is InChI=1S/C9H10F3O4PS2/c10-9(11,12)6-19(15,16)8-3-1-2-7(4-8)5-17(13,14)18/h1-4H,5-6H2,(H2,13,14,18). The van der Waals surface area contributed by atoms with Crippen molar-refractivity contribution in [1.82, 2.24) is 0 Å². The summed E-state index contributed by atoms with van der Waals surface area (Å²) in [4.78, 5) is 17.7. The van der Waals surface area contributed by atoms with Gasteiger partial charge in [0.15, 0.2) is 22.1 Å². The quantitative estimate of drug-likeness (QED) is 0.822. The Bertz CT molecular complexity index is 606. The van der Waals surface area contributed by atoms with E-state index in [2.05, 4.69) is 11.8 Å². The summed E-state index contributed by atoms with van der Waals surface area (Å²) in [7, 11) is -4.51. The third kappa shape index (κ3) is 6.01. The summed E-state index contributed by atoms with van der Waals surface area (Å²) in [6.45, 7) is -3.58. The molecule has 4 nitrogen and oxygen atoms in total. The van der Waals surface area contributed by atoms with E-state index in [1.54, 1.807) is 0 Å². The molecule has 0 atom stereocenters. The molecule has 0 heterocycles. The molecule has 0 fully saturated rings. The zero-order valence-corrected chi connectivity index (χ0v) is 11.9. The highest BCUT2D eigenvalue weighted by Gasteiger charge is 2.36. The Hall–Kier alpha value is -0.470.